The van der Waals surface area contributed by atoms with Gasteiger partial charge in [-0.15, -0.1) is 0 Å². The zero-order valence-electron chi connectivity index (χ0n) is 10.8. The third-order valence-corrected chi connectivity index (χ3v) is 3.87. The van der Waals surface area contributed by atoms with Gasteiger partial charge in [-0.1, -0.05) is 12.1 Å². The van der Waals surface area contributed by atoms with E-state index in [1.165, 1.54) is 31.4 Å². The summed E-state index contributed by atoms with van der Waals surface area (Å²) in [5.41, 5.74) is 1.12. The summed E-state index contributed by atoms with van der Waals surface area (Å²) >= 11 is 0. The van der Waals surface area contributed by atoms with E-state index in [0.29, 0.717) is 12.1 Å². The van der Waals surface area contributed by atoms with Gasteiger partial charge in [0.2, 0.25) is 0 Å². The van der Waals surface area contributed by atoms with E-state index in [2.05, 4.69) is 14.9 Å². The van der Waals surface area contributed by atoms with Crippen molar-refractivity contribution in [3.63, 3.8) is 0 Å². The smallest absolute Gasteiger partial charge is 0.123 e. The van der Waals surface area contributed by atoms with E-state index >= 15 is 0 Å². The molecule has 0 radical (unpaired) electrons. The molecule has 0 amide bonds. The lowest BCUT2D eigenvalue weighted by Gasteiger charge is -2.22. The van der Waals surface area contributed by atoms with Gasteiger partial charge in [-0.25, -0.2) is 9.37 Å². The fraction of sp³-hybridized carbons (Fsp3) is 0.400. The van der Waals surface area contributed by atoms with E-state index in [9.17, 15) is 4.39 Å². The number of aromatic nitrogens is 2. The predicted octanol–water partition coefficient (Wildman–Crippen LogP) is 2.91. The molecule has 19 heavy (non-hydrogen) atoms. The largest absolute Gasteiger partial charge is 0.333 e. The summed E-state index contributed by atoms with van der Waals surface area (Å²) < 4.78 is 15.0. The van der Waals surface area contributed by atoms with Gasteiger partial charge in [-0.05, 0) is 37.0 Å². The van der Waals surface area contributed by atoms with Crippen LogP contribution in [0.2, 0.25) is 0 Å². The summed E-state index contributed by atoms with van der Waals surface area (Å²) in [6, 6.07) is 7.66. The van der Waals surface area contributed by atoms with E-state index in [4.69, 9.17) is 0 Å². The van der Waals surface area contributed by atoms with Crippen LogP contribution in [0.4, 0.5) is 4.39 Å². The molecule has 2 aromatic rings. The fourth-order valence-corrected chi connectivity index (χ4v) is 2.85. The first-order valence-electron chi connectivity index (χ1n) is 6.78. The zero-order valence-corrected chi connectivity index (χ0v) is 10.8. The van der Waals surface area contributed by atoms with E-state index < -0.39 is 0 Å². The van der Waals surface area contributed by atoms with E-state index in [0.717, 1.165) is 12.1 Å². The summed E-state index contributed by atoms with van der Waals surface area (Å²) in [6.45, 7) is 0.788. The number of halogens is 1. The Labute approximate surface area is 112 Å². The van der Waals surface area contributed by atoms with Crippen molar-refractivity contribution in [2.24, 2.45) is 0 Å². The molecule has 1 fully saturated rings. The number of benzene rings is 1. The topological polar surface area (TPSA) is 29.9 Å². The Hall–Kier alpha value is -1.68. The number of imidazole rings is 1. The SMILES string of the molecule is Fc1ccc(CNC2CCCC2n2ccnc2)cc1. The Kier molecular flexibility index (Phi) is 3.60. The minimum atomic E-state index is -0.180. The molecule has 3 nitrogen and oxygen atoms in total. The molecule has 1 heterocycles. The van der Waals surface area contributed by atoms with Crippen molar-refractivity contribution >= 4 is 0 Å². The molecule has 0 aliphatic heterocycles. The Morgan fingerprint density at radius 2 is 2.11 bits per heavy atom. The van der Waals surface area contributed by atoms with Gasteiger partial charge in [0.25, 0.3) is 0 Å². The van der Waals surface area contributed by atoms with Crippen LogP contribution in [0.25, 0.3) is 0 Å². The van der Waals surface area contributed by atoms with Gasteiger partial charge in [0.1, 0.15) is 5.82 Å². The van der Waals surface area contributed by atoms with Crippen molar-refractivity contribution in [1.29, 1.82) is 0 Å². The lowest BCUT2D eigenvalue weighted by Crippen LogP contribution is -2.33. The molecular weight excluding hydrogens is 241 g/mol. The molecule has 1 aliphatic rings. The van der Waals surface area contributed by atoms with Crippen molar-refractivity contribution in [3.8, 4) is 0 Å². The summed E-state index contributed by atoms with van der Waals surface area (Å²) in [6.07, 6.45) is 9.37. The third-order valence-electron chi connectivity index (χ3n) is 3.87. The van der Waals surface area contributed by atoms with E-state index in [1.54, 1.807) is 0 Å². The molecular formula is C15H18FN3. The second kappa shape index (κ2) is 5.53. The highest BCUT2D eigenvalue weighted by Crippen LogP contribution is 2.30. The van der Waals surface area contributed by atoms with Crippen LogP contribution in [-0.4, -0.2) is 15.6 Å². The van der Waals surface area contributed by atoms with Gasteiger partial charge >= 0.3 is 0 Å². The van der Waals surface area contributed by atoms with Crippen molar-refractivity contribution in [2.75, 3.05) is 0 Å². The maximum absolute atomic E-state index is 12.8. The van der Waals surface area contributed by atoms with E-state index in [-0.39, 0.29) is 5.82 Å². The van der Waals surface area contributed by atoms with Gasteiger partial charge in [-0.3, -0.25) is 0 Å². The van der Waals surface area contributed by atoms with Crippen LogP contribution in [0.1, 0.15) is 30.9 Å². The predicted molar refractivity (Wildman–Crippen MR) is 72.1 cm³/mol. The third kappa shape index (κ3) is 2.84. The standard InChI is InChI=1S/C15H18FN3/c16-13-6-4-12(5-7-13)10-18-14-2-1-3-15(14)19-9-8-17-11-19/h4-9,11,14-15,18H,1-3,10H2. The number of hydrogen-bond donors (Lipinski definition) is 1. The minimum Gasteiger partial charge on any atom is -0.333 e. The second-order valence-electron chi connectivity index (χ2n) is 5.12. The Bertz CT molecular complexity index is 507. The lowest BCUT2D eigenvalue weighted by molar-refractivity contribution is 0.390. The monoisotopic (exact) mass is 259 g/mol. The average molecular weight is 259 g/mol. The number of nitrogens with one attached hydrogen (secondary N) is 1. The Morgan fingerprint density at radius 1 is 1.26 bits per heavy atom. The molecule has 100 valence electrons. The highest BCUT2D eigenvalue weighted by Gasteiger charge is 2.27. The van der Waals surface area contributed by atoms with Gasteiger partial charge in [-0.2, -0.15) is 0 Å². The molecule has 1 saturated carbocycles. The Balaban J connectivity index is 1.61. The second-order valence-corrected chi connectivity index (χ2v) is 5.12. The number of hydrogen-bond acceptors (Lipinski definition) is 2. The number of nitrogens with zero attached hydrogens (tertiary/aromatic N) is 2. The molecule has 0 spiro atoms. The first-order chi connectivity index (χ1) is 9.33. The van der Waals surface area contributed by atoms with E-state index in [1.807, 2.05) is 30.9 Å². The maximum Gasteiger partial charge on any atom is 0.123 e. The van der Waals surface area contributed by atoms with Crippen molar-refractivity contribution in [3.05, 3.63) is 54.4 Å². The highest BCUT2D eigenvalue weighted by atomic mass is 19.1. The van der Waals surface area contributed by atoms with Crippen LogP contribution in [0, 0.1) is 5.82 Å². The lowest BCUT2D eigenvalue weighted by atomic mass is 10.1. The van der Waals surface area contributed by atoms with Crippen LogP contribution < -0.4 is 5.32 Å². The number of rotatable bonds is 4. The first-order valence-corrected chi connectivity index (χ1v) is 6.78. The van der Waals surface area contributed by atoms with Gasteiger partial charge in [0, 0.05) is 31.0 Å². The van der Waals surface area contributed by atoms with Crippen LogP contribution in [-0.2, 0) is 6.54 Å². The Morgan fingerprint density at radius 3 is 2.84 bits per heavy atom. The molecule has 4 heteroatoms. The summed E-state index contributed by atoms with van der Waals surface area (Å²) in [5.74, 6) is -0.180. The van der Waals surface area contributed by atoms with Crippen LogP contribution in [0.5, 0.6) is 0 Å². The quantitative estimate of drug-likeness (QED) is 0.915. The highest BCUT2D eigenvalue weighted by molar-refractivity contribution is 5.16. The molecule has 3 rings (SSSR count). The van der Waals surface area contributed by atoms with Gasteiger partial charge in [0.15, 0.2) is 0 Å². The summed E-state index contributed by atoms with van der Waals surface area (Å²) in [4.78, 5) is 4.12. The molecule has 1 N–H and O–H groups in total. The molecule has 0 saturated heterocycles. The van der Waals surface area contributed by atoms with Crippen LogP contribution >= 0.6 is 0 Å². The maximum atomic E-state index is 12.8. The molecule has 2 atom stereocenters. The summed E-state index contributed by atoms with van der Waals surface area (Å²) in [5, 5.41) is 3.58. The van der Waals surface area contributed by atoms with Crippen LogP contribution in [0.15, 0.2) is 43.0 Å². The van der Waals surface area contributed by atoms with Crippen LogP contribution in [0.3, 0.4) is 0 Å². The van der Waals surface area contributed by atoms with Gasteiger partial charge in [0.05, 0.1) is 6.33 Å². The van der Waals surface area contributed by atoms with Crippen molar-refractivity contribution in [1.82, 2.24) is 14.9 Å². The molecule has 1 aromatic carbocycles. The summed E-state index contributed by atoms with van der Waals surface area (Å²) in [7, 11) is 0. The molecule has 2 unspecified atom stereocenters. The minimum absolute atomic E-state index is 0.180. The average Bonchev–Trinajstić information content (AvgIpc) is 3.08. The first kappa shape index (κ1) is 12.4. The molecule has 1 aromatic heterocycles. The zero-order chi connectivity index (χ0) is 13.1. The van der Waals surface area contributed by atoms with Gasteiger partial charge < -0.3 is 9.88 Å². The molecule has 1 aliphatic carbocycles. The fourth-order valence-electron chi connectivity index (χ4n) is 2.85. The van der Waals surface area contributed by atoms with Crippen molar-refractivity contribution < 1.29 is 4.39 Å². The van der Waals surface area contributed by atoms with Crippen molar-refractivity contribution in [2.45, 2.75) is 37.9 Å². The molecule has 0 bridgehead atoms. The normalized spacial score (nSPS) is 22.8.